The number of hydrogen-bond donors (Lipinski definition) is 1. The zero-order chi connectivity index (χ0) is 20.2. The Balaban J connectivity index is 1.50. The van der Waals surface area contributed by atoms with Crippen LogP contribution in [0.3, 0.4) is 0 Å². The van der Waals surface area contributed by atoms with Crippen molar-refractivity contribution in [3.63, 3.8) is 0 Å². The largest absolute Gasteiger partial charge is 0.489 e. The van der Waals surface area contributed by atoms with Crippen LogP contribution >= 0.6 is 0 Å². The molecule has 0 amide bonds. The Labute approximate surface area is 174 Å². The number of imidazole rings is 1. The summed E-state index contributed by atoms with van der Waals surface area (Å²) in [5.74, 6) is 1.59. The number of ether oxygens (including phenoxy) is 1. The molecule has 0 fully saturated rings. The topological polar surface area (TPSA) is 63.7 Å². The van der Waals surface area contributed by atoms with E-state index in [2.05, 4.69) is 56.3 Å². The molecule has 0 spiro atoms. The molecule has 0 aliphatic rings. The second-order valence-electron chi connectivity index (χ2n) is 7.13. The maximum atomic E-state index is 6.12. The summed E-state index contributed by atoms with van der Waals surface area (Å²) >= 11 is 0. The Morgan fingerprint density at radius 1 is 0.767 bits per heavy atom. The number of benzene rings is 2. The summed E-state index contributed by atoms with van der Waals surface area (Å²) in [5.41, 5.74) is 6.09. The average Bonchev–Trinajstić information content (AvgIpc) is 3.24. The van der Waals surface area contributed by atoms with Crippen LogP contribution < -0.4 is 4.74 Å². The zero-order valence-electron chi connectivity index (χ0n) is 16.3. The maximum Gasteiger partial charge on any atom is 0.178 e. The van der Waals surface area contributed by atoms with E-state index < -0.39 is 0 Å². The van der Waals surface area contributed by atoms with E-state index in [0.717, 1.165) is 40.2 Å². The highest BCUT2D eigenvalue weighted by atomic mass is 16.5. The number of rotatable bonds is 6. The number of aromatic nitrogens is 4. The monoisotopic (exact) mass is 392 g/mol. The van der Waals surface area contributed by atoms with Gasteiger partial charge in [0.1, 0.15) is 18.2 Å². The molecule has 0 aliphatic heterocycles. The van der Waals surface area contributed by atoms with Crippen LogP contribution in [0.2, 0.25) is 0 Å². The minimum absolute atomic E-state index is 0.485. The molecular formula is C25H20N4O. The summed E-state index contributed by atoms with van der Waals surface area (Å²) in [4.78, 5) is 16.4. The summed E-state index contributed by atoms with van der Waals surface area (Å²) < 4.78 is 6.12. The molecule has 1 N–H and O–H groups in total. The van der Waals surface area contributed by atoms with Crippen molar-refractivity contribution in [2.75, 3.05) is 0 Å². The van der Waals surface area contributed by atoms with Gasteiger partial charge in [-0.15, -0.1) is 0 Å². The van der Waals surface area contributed by atoms with E-state index in [9.17, 15) is 0 Å². The number of hydrogen-bond acceptors (Lipinski definition) is 4. The number of H-pyrrole nitrogens is 1. The van der Waals surface area contributed by atoms with Crippen molar-refractivity contribution in [3.05, 3.63) is 108 Å². The standard InChI is InChI=1S/C25H20N4O/c1-2-5-18(6-3-1)13-20-14-21(24-28-23-7-4-10-27-25(23)29-24)16-22(15-20)30-17-19-8-11-26-12-9-19/h1-12,14-16H,13,17H2,(H,27,28,29). The third-order valence-corrected chi connectivity index (χ3v) is 4.90. The van der Waals surface area contributed by atoms with Gasteiger partial charge < -0.3 is 9.72 Å². The van der Waals surface area contributed by atoms with Crippen LogP contribution in [0.5, 0.6) is 5.75 Å². The molecule has 0 saturated carbocycles. The molecule has 30 heavy (non-hydrogen) atoms. The van der Waals surface area contributed by atoms with Gasteiger partial charge in [-0.1, -0.05) is 30.3 Å². The van der Waals surface area contributed by atoms with Crippen LogP contribution in [0.15, 0.2) is 91.4 Å². The van der Waals surface area contributed by atoms with Crippen molar-refractivity contribution in [1.29, 1.82) is 0 Å². The van der Waals surface area contributed by atoms with Gasteiger partial charge in [0.15, 0.2) is 5.65 Å². The molecule has 0 aliphatic carbocycles. The molecule has 3 aromatic heterocycles. The minimum Gasteiger partial charge on any atom is -0.489 e. The highest BCUT2D eigenvalue weighted by Crippen LogP contribution is 2.27. The Kier molecular flexibility index (Phi) is 4.92. The first kappa shape index (κ1) is 18.1. The Morgan fingerprint density at radius 3 is 2.47 bits per heavy atom. The molecule has 0 atom stereocenters. The van der Waals surface area contributed by atoms with Gasteiger partial charge in [-0.05, 0) is 65.6 Å². The van der Waals surface area contributed by atoms with E-state index in [4.69, 9.17) is 4.74 Å². The smallest absolute Gasteiger partial charge is 0.178 e. The van der Waals surface area contributed by atoms with E-state index >= 15 is 0 Å². The summed E-state index contributed by atoms with van der Waals surface area (Å²) in [7, 11) is 0. The molecule has 0 radical (unpaired) electrons. The van der Waals surface area contributed by atoms with Gasteiger partial charge in [-0.2, -0.15) is 0 Å². The van der Waals surface area contributed by atoms with Crippen LogP contribution in [-0.4, -0.2) is 19.9 Å². The molecule has 0 saturated heterocycles. The summed E-state index contributed by atoms with van der Waals surface area (Å²) in [6, 6.07) is 24.5. The minimum atomic E-state index is 0.485. The van der Waals surface area contributed by atoms with Gasteiger partial charge in [0.25, 0.3) is 0 Å². The van der Waals surface area contributed by atoms with Crippen molar-refractivity contribution in [1.82, 2.24) is 19.9 Å². The van der Waals surface area contributed by atoms with Crippen LogP contribution in [-0.2, 0) is 13.0 Å². The first-order valence-electron chi connectivity index (χ1n) is 9.84. The first-order valence-corrected chi connectivity index (χ1v) is 9.84. The third kappa shape index (κ3) is 4.05. The van der Waals surface area contributed by atoms with Crippen molar-refractivity contribution < 1.29 is 4.74 Å². The van der Waals surface area contributed by atoms with E-state index in [1.807, 2.05) is 36.4 Å². The summed E-state index contributed by atoms with van der Waals surface area (Å²) in [5, 5.41) is 0. The average molecular weight is 392 g/mol. The van der Waals surface area contributed by atoms with Crippen LogP contribution in [0, 0.1) is 0 Å². The van der Waals surface area contributed by atoms with Gasteiger partial charge in [-0.25, -0.2) is 9.97 Å². The number of fused-ring (bicyclic) bond motifs is 1. The van der Waals surface area contributed by atoms with Crippen molar-refractivity contribution in [2.24, 2.45) is 0 Å². The molecule has 5 heteroatoms. The second kappa shape index (κ2) is 8.17. The molecule has 5 nitrogen and oxygen atoms in total. The predicted octanol–water partition coefficient (Wildman–Crippen LogP) is 5.19. The molecule has 3 heterocycles. The molecule has 5 aromatic rings. The van der Waals surface area contributed by atoms with Gasteiger partial charge >= 0.3 is 0 Å². The van der Waals surface area contributed by atoms with Gasteiger partial charge in [0.2, 0.25) is 0 Å². The Morgan fingerprint density at radius 2 is 1.63 bits per heavy atom. The van der Waals surface area contributed by atoms with E-state index in [1.54, 1.807) is 18.6 Å². The SMILES string of the molecule is c1ccc(Cc2cc(OCc3ccncc3)cc(-c3nc4ncccc4[nH]3)c2)cc1. The summed E-state index contributed by atoms with van der Waals surface area (Å²) in [6.07, 6.45) is 6.12. The Hall–Kier alpha value is -3.99. The fourth-order valence-electron chi connectivity index (χ4n) is 3.44. The van der Waals surface area contributed by atoms with Crippen LogP contribution in [0.4, 0.5) is 0 Å². The maximum absolute atomic E-state index is 6.12. The van der Waals surface area contributed by atoms with E-state index in [1.165, 1.54) is 5.56 Å². The first-order chi connectivity index (χ1) is 14.8. The predicted molar refractivity (Wildman–Crippen MR) is 117 cm³/mol. The molecule has 0 unspecified atom stereocenters. The van der Waals surface area contributed by atoms with Crippen LogP contribution in [0.25, 0.3) is 22.6 Å². The van der Waals surface area contributed by atoms with E-state index in [-0.39, 0.29) is 0 Å². The van der Waals surface area contributed by atoms with Gasteiger partial charge in [0.05, 0.1) is 5.52 Å². The zero-order valence-corrected chi connectivity index (χ0v) is 16.3. The number of aromatic amines is 1. The highest BCUT2D eigenvalue weighted by molar-refractivity contribution is 5.76. The van der Waals surface area contributed by atoms with Crippen molar-refractivity contribution in [2.45, 2.75) is 13.0 Å². The lowest BCUT2D eigenvalue weighted by Crippen LogP contribution is -1.98. The summed E-state index contributed by atoms with van der Waals surface area (Å²) in [6.45, 7) is 0.485. The van der Waals surface area contributed by atoms with E-state index in [0.29, 0.717) is 12.3 Å². The molecule has 2 aromatic carbocycles. The van der Waals surface area contributed by atoms with Gasteiger partial charge in [-0.3, -0.25) is 4.98 Å². The Bertz CT molecular complexity index is 1230. The number of nitrogens with one attached hydrogen (secondary N) is 1. The third-order valence-electron chi connectivity index (χ3n) is 4.90. The molecule has 5 rings (SSSR count). The lowest BCUT2D eigenvalue weighted by atomic mass is 10.0. The fraction of sp³-hybridized carbons (Fsp3) is 0.0800. The number of pyridine rings is 2. The van der Waals surface area contributed by atoms with Crippen molar-refractivity contribution >= 4 is 11.2 Å². The van der Waals surface area contributed by atoms with Gasteiger partial charge in [0, 0.05) is 24.2 Å². The molecule has 0 bridgehead atoms. The molecular weight excluding hydrogens is 372 g/mol. The van der Waals surface area contributed by atoms with Crippen molar-refractivity contribution in [3.8, 4) is 17.1 Å². The van der Waals surface area contributed by atoms with Crippen LogP contribution in [0.1, 0.15) is 16.7 Å². The lowest BCUT2D eigenvalue weighted by molar-refractivity contribution is 0.306. The molecule has 146 valence electrons. The fourth-order valence-corrected chi connectivity index (χ4v) is 3.44. The lowest BCUT2D eigenvalue weighted by Gasteiger charge is -2.11. The quantitative estimate of drug-likeness (QED) is 0.432. The normalized spacial score (nSPS) is 10.9. The second-order valence-corrected chi connectivity index (χ2v) is 7.13. The number of nitrogens with zero attached hydrogens (tertiary/aromatic N) is 3. The highest BCUT2D eigenvalue weighted by Gasteiger charge is 2.10.